The molecule has 0 aliphatic carbocycles. The van der Waals surface area contributed by atoms with E-state index in [4.69, 9.17) is 5.11 Å². The quantitative estimate of drug-likeness (QED) is 0.786. The van der Waals surface area contributed by atoms with Gasteiger partial charge in [0.15, 0.2) is 0 Å². The second-order valence-electron chi connectivity index (χ2n) is 4.11. The Bertz CT molecular complexity index is 433. The second-order valence-corrected chi connectivity index (χ2v) is 4.11. The maximum absolute atomic E-state index is 12.4. The van der Waals surface area contributed by atoms with Gasteiger partial charge in [0.05, 0.1) is 11.7 Å². The van der Waals surface area contributed by atoms with Gasteiger partial charge in [-0.25, -0.2) is 4.79 Å². The van der Waals surface area contributed by atoms with E-state index in [9.17, 15) is 18.0 Å². The highest BCUT2D eigenvalue weighted by Crippen LogP contribution is 2.29. The Hall–Kier alpha value is -1.76. The summed E-state index contributed by atoms with van der Waals surface area (Å²) >= 11 is 0. The number of benzene rings is 1. The third-order valence-corrected chi connectivity index (χ3v) is 2.27. The van der Waals surface area contributed by atoms with E-state index in [1.165, 1.54) is 19.1 Å². The molecule has 7 heteroatoms. The van der Waals surface area contributed by atoms with Crippen molar-refractivity contribution >= 4 is 6.03 Å². The Labute approximate surface area is 108 Å². The summed E-state index contributed by atoms with van der Waals surface area (Å²) in [6, 6.07) is 4.18. The molecule has 0 spiro atoms. The smallest absolute Gasteiger partial charge is 0.392 e. The molecular weight excluding hydrogens is 261 g/mol. The van der Waals surface area contributed by atoms with Crippen molar-refractivity contribution in [3.63, 3.8) is 0 Å². The van der Waals surface area contributed by atoms with E-state index in [1.54, 1.807) is 0 Å². The van der Waals surface area contributed by atoms with Gasteiger partial charge >= 0.3 is 12.2 Å². The minimum absolute atomic E-state index is 0.0183. The van der Waals surface area contributed by atoms with Crippen LogP contribution in [0.2, 0.25) is 0 Å². The predicted octanol–water partition coefficient (Wildman–Crippen LogP) is 1.89. The first-order valence-electron chi connectivity index (χ1n) is 5.65. The van der Waals surface area contributed by atoms with Crippen LogP contribution in [0.5, 0.6) is 0 Å². The zero-order chi connectivity index (χ0) is 14.5. The summed E-state index contributed by atoms with van der Waals surface area (Å²) in [6.07, 6.45) is -5.08. The summed E-state index contributed by atoms with van der Waals surface area (Å²) < 4.78 is 37.3. The number of aliphatic hydroxyl groups is 1. The van der Waals surface area contributed by atoms with Crippen molar-refractivity contribution in [1.82, 2.24) is 10.6 Å². The highest BCUT2D eigenvalue weighted by molar-refractivity contribution is 5.73. The van der Waals surface area contributed by atoms with E-state index < -0.39 is 23.9 Å². The number of amides is 2. The molecule has 0 radical (unpaired) electrons. The SMILES string of the molecule is CC(O)CNC(=O)NCc1cccc(C(F)(F)F)c1. The third kappa shape index (κ3) is 5.60. The lowest BCUT2D eigenvalue weighted by Gasteiger charge is -2.11. The average molecular weight is 276 g/mol. The summed E-state index contributed by atoms with van der Waals surface area (Å²) in [7, 11) is 0. The molecular formula is C12H15F3N2O2. The predicted molar refractivity (Wildman–Crippen MR) is 63.4 cm³/mol. The van der Waals surface area contributed by atoms with Crippen LogP contribution in [0.3, 0.4) is 0 Å². The van der Waals surface area contributed by atoms with E-state index in [-0.39, 0.29) is 13.1 Å². The van der Waals surface area contributed by atoms with Gasteiger partial charge in [0.2, 0.25) is 0 Å². The molecule has 0 heterocycles. The number of aliphatic hydroxyl groups excluding tert-OH is 1. The normalized spacial score (nSPS) is 12.9. The Morgan fingerprint density at radius 3 is 2.63 bits per heavy atom. The first-order valence-corrected chi connectivity index (χ1v) is 5.65. The minimum Gasteiger partial charge on any atom is -0.392 e. The van der Waals surface area contributed by atoms with Crippen LogP contribution in [0, 0.1) is 0 Å². The van der Waals surface area contributed by atoms with Crippen molar-refractivity contribution in [2.75, 3.05) is 6.54 Å². The summed E-state index contributed by atoms with van der Waals surface area (Å²) in [5.74, 6) is 0. The van der Waals surface area contributed by atoms with Gasteiger partial charge in [-0.2, -0.15) is 13.2 Å². The molecule has 1 rings (SSSR count). The molecule has 0 aliphatic heterocycles. The molecule has 1 atom stereocenters. The molecule has 0 aliphatic rings. The maximum Gasteiger partial charge on any atom is 0.416 e. The molecule has 106 valence electrons. The molecule has 0 saturated carbocycles. The van der Waals surface area contributed by atoms with E-state index in [1.807, 2.05) is 0 Å². The Morgan fingerprint density at radius 2 is 2.05 bits per heavy atom. The standard InChI is InChI=1S/C12H15F3N2O2/c1-8(18)6-16-11(19)17-7-9-3-2-4-10(5-9)12(13,14)15/h2-5,8,18H,6-7H2,1H3,(H2,16,17,19). The fraction of sp³-hybridized carbons (Fsp3) is 0.417. The van der Waals surface area contributed by atoms with Crippen LogP contribution >= 0.6 is 0 Å². The van der Waals surface area contributed by atoms with Gasteiger partial charge in [-0.15, -0.1) is 0 Å². The zero-order valence-electron chi connectivity index (χ0n) is 10.3. The van der Waals surface area contributed by atoms with Gasteiger partial charge in [-0.3, -0.25) is 0 Å². The van der Waals surface area contributed by atoms with Crippen molar-refractivity contribution in [2.24, 2.45) is 0 Å². The van der Waals surface area contributed by atoms with E-state index >= 15 is 0 Å². The van der Waals surface area contributed by atoms with Gasteiger partial charge < -0.3 is 15.7 Å². The van der Waals surface area contributed by atoms with Crippen LogP contribution in [-0.4, -0.2) is 23.8 Å². The fourth-order valence-corrected chi connectivity index (χ4v) is 1.34. The van der Waals surface area contributed by atoms with Crippen LogP contribution < -0.4 is 10.6 Å². The molecule has 2 amide bonds. The molecule has 0 saturated heterocycles. The zero-order valence-corrected chi connectivity index (χ0v) is 10.3. The summed E-state index contributed by atoms with van der Waals surface area (Å²) in [5.41, 5.74) is -0.404. The number of rotatable bonds is 4. The lowest BCUT2D eigenvalue weighted by Crippen LogP contribution is -2.38. The first-order chi connectivity index (χ1) is 8.79. The Morgan fingerprint density at radius 1 is 1.37 bits per heavy atom. The monoisotopic (exact) mass is 276 g/mol. The van der Waals surface area contributed by atoms with Crippen LogP contribution in [0.4, 0.5) is 18.0 Å². The van der Waals surface area contributed by atoms with Crippen LogP contribution in [0.15, 0.2) is 24.3 Å². The summed E-state index contributed by atoms with van der Waals surface area (Å²) in [5, 5.41) is 13.7. The number of carbonyl (C=O) groups excluding carboxylic acids is 1. The van der Waals surface area contributed by atoms with E-state index in [0.29, 0.717) is 5.56 Å². The van der Waals surface area contributed by atoms with E-state index in [0.717, 1.165) is 12.1 Å². The molecule has 0 aromatic heterocycles. The van der Waals surface area contributed by atoms with Gasteiger partial charge in [-0.1, -0.05) is 12.1 Å². The minimum atomic E-state index is -4.40. The maximum atomic E-state index is 12.4. The number of hydrogen-bond acceptors (Lipinski definition) is 2. The van der Waals surface area contributed by atoms with Crippen molar-refractivity contribution in [1.29, 1.82) is 0 Å². The van der Waals surface area contributed by atoms with Crippen molar-refractivity contribution in [2.45, 2.75) is 25.7 Å². The van der Waals surface area contributed by atoms with E-state index in [2.05, 4.69) is 10.6 Å². The number of nitrogens with one attached hydrogen (secondary N) is 2. The fourth-order valence-electron chi connectivity index (χ4n) is 1.34. The summed E-state index contributed by atoms with van der Waals surface area (Å²) in [4.78, 5) is 11.2. The lowest BCUT2D eigenvalue weighted by atomic mass is 10.1. The van der Waals surface area contributed by atoms with Gasteiger partial charge in [0.25, 0.3) is 0 Å². The highest BCUT2D eigenvalue weighted by Gasteiger charge is 2.30. The third-order valence-electron chi connectivity index (χ3n) is 2.27. The van der Waals surface area contributed by atoms with Crippen LogP contribution in [-0.2, 0) is 12.7 Å². The summed E-state index contributed by atoms with van der Waals surface area (Å²) in [6.45, 7) is 1.57. The average Bonchev–Trinajstić information content (AvgIpc) is 2.33. The number of carbonyl (C=O) groups is 1. The van der Waals surface area contributed by atoms with Crippen LogP contribution in [0.25, 0.3) is 0 Å². The van der Waals surface area contributed by atoms with Crippen LogP contribution in [0.1, 0.15) is 18.1 Å². The van der Waals surface area contributed by atoms with Gasteiger partial charge in [0, 0.05) is 13.1 Å². The molecule has 1 unspecified atom stereocenters. The van der Waals surface area contributed by atoms with Gasteiger partial charge in [-0.05, 0) is 24.6 Å². The van der Waals surface area contributed by atoms with Gasteiger partial charge in [0.1, 0.15) is 0 Å². The molecule has 19 heavy (non-hydrogen) atoms. The van der Waals surface area contributed by atoms with Crippen molar-refractivity contribution in [3.8, 4) is 0 Å². The molecule has 0 fully saturated rings. The van der Waals surface area contributed by atoms with Crippen molar-refractivity contribution in [3.05, 3.63) is 35.4 Å². The molecule has 0 bridgehead atoms. The second kappa shape index (κ2) is 6.42. The Kier molecular flexibility index (Phi) is 5.17. The first kappa shape index (κ1) is 15.3. The molecule has 4 nitrogen and oxygen atoms in total. The largest absolute Gasteiger partial charge is 0.416 e. The Balaban J connectivity index is 2.52. The number of halogens is 3. The number of hydrogen-bond donors (Lipinski definition) is 3. The molecule has 1 aromatic rings. The number of urea groups is 1. The topological polar surface area (TPSA) is 61.4 Å². The molecule has 1 aromatic carbocycles. The number of alkyl halides is 3. The lowest BCUT2D eigenvalue weighted by molar-refractivity contribution is -0.137. The highest BCUT2D eigenvalue weighted by atomic mass is 19.4. The molecule has 3 N–H and O–H groups in total. The van der Waals surface area contributed by atoms with Crippen molar-refractivity contribution < 1.29 is 23.1 Å².